The number of thiophene rings is 1. The zero-order valence-electron chi connectivity index (χ0n) is 13.3. The molecule has 0 unspecified atom stereocenters. The number of sulfonamides is 1. The number of nitrogens with zero attached hydrogens (tertiary/aromatic N) is 1. The Labute approximate surface area is 151 Å². The van der Waals surface area contributed by atoms with Gasteiger partial charge in [-0.25, -0.2) is 8.42 Å². The molecule has 2 heterocycles. The van der Waals surface area contributed by atoms with Crippen LogP contribution in [0.4, 0.5) is 5.69 Å². The van der Waals surface area contributed by atoms with Crippen molar-refractivity contribution in [2.24, 2.45) is 0 Å². The molecular formula is C16H19ClN2O3S2. The Bertz CT molecular complexity index is 814. The Morgan fingerprint density at radius 1 is 1.29 bits per heavy atom. The maximum atomic E-state index is 12.7. The molecular weight excluding hydrogens is 368 g/mol. The molecule has 1 aromatic heterocycles. The average molecular weight is 387 g/mol. The van der Waals surface area contributed by atoms with Crippen molar-refractivity contribution in [1.82, 2.24) is 4.90 Å². The van der Waals surface area contributed by atoms with E-state index < -0.39 is 10.0 Å². The van der Waals surface area contributed by atoms with E-state index in [0.717, 1.165) is 18.0 Å². The highest BCUT2D eigenvalue weighted by molar-refractivity contribution is 7.92. The Balaban J connectivity index is 1.80. The van der Waals surface area contributed by atoms with E-state index >= 15 is 0 Å². The molecule has 0 aliphatic carbocycles. The summed E-state index contributed by atoms with van der Waals surface area (Å²) >= 11 is 7.60. The molecule has 0 radical (unpaired) electrons. The number of ether oxygens (including phenoxy) is 1. The first-order valence-corrected chi connectivity index (χ1v) is 10.4. The second kappa shape index (κ2) is 7.41. The maximum Gasteiger partial charge on any atom is 0.262 e. The molecule has 0 atom stereocenters. The molecule has 5 nitrogen and oxygen atoms in total. The summed E-state index contributed by atoms with van der Waals surface area (Å²) in [4.78, 5) is 3.47. The number of hydrogen-bond donors (Lipinski definition) is 1. The molecule has 0 saturated carbocycles. The van der Waals surface area contributed by atoms with Crippen LogP contribution in [0.1, 0.15) is 10.4 Å². The minimum absolute atomic E-state index is 0.207. The number of rotatable bonds is 5. The van der Waals surface area contributed by atoms with Gasteiger partial charge in [-0.05, 0) is 36.1 Å². The van der Waals surface area contributed by atoms with Gasteiger partial charge in [0, 0.05) is 29.5 Å². The summed E-state index contributed by atoms with van der Waals surface area (Å²) in [7, 11) is -3.67. The predicted octanol–water partition coefficient (Wildman–Crippen LogP) is 3.34. The van der Waals surface area contributed by atoms with Gasteiger partial charge >= 0.3 is 0 Å². The van der Waals surface area contributed by atoms with Crippen LogP contribution >= 0.6 is 22.9 Å². The third-order valence-corrected chi connectivity index (χ3v) is 6.79. The van der Waals surface area contributed by atoms with E-state index in [2.05, 4.69) is 9.62 Å². The minimum Gasteiger partial charge on any atom is -0.379 e. The first kappa shape index (κ1) is 17.7. The molecule has 24 heavy (non-hydrogen) atoms. The van der Waals surface area contributed by atoms with Crippen molar-refractivity contribution in [1.29, 1.82) is 0 Å². The van der Waals surface area contributed by atoms with Gasteiger partial charge in [0.1, 0.15) is 0 Å². The number of hydrogen-bond acceptors (Lipinski definition) is 5. The quantitative estimate of drug-likeness (QED) is 0.856. The number of morpholine rings is 1. The van der Waals surface area contributed by atoms with Crippen molar-refractivity contribution in [3.05, 3.63) is 45.1 Å². The molecule has 2 aromatic rings. The van der Waals surface area contributed by atoms with Gasteiger partial charge in [0.2, 0.25) is 0 Å². The Morgan fingerprint density at radius 3 is 2.79 bits per heavy atom. The van der Waals surface area contributed by atoms with Crippen LogP contribution in [0.3, 0.4) is 0 Å². The zero-order chi connectivity index (χ0) is 17.2. The van der Waals surface area contributed by atoms with Crippen molar-refractivity contribution >= 4 is 38.6 Å². The van der Waals surface area contributed by atoms with E-state index in [9.17, 15) is 8.42 Å². The van der Waals surface area contributed by atoms with Crippen LogP contribution in [-0.2, 0) is 21.3 Å². The first-order chi connectivity index (χ1) is 11.5. The fourth-order valence-electron chi connectivity index (χ4n) is 2.59. The Morgan fingerprint density at radius 2 is 2.04 bits per heavy atom. The molecule has 1 aromatic carbocycles. The van der Waals surface area contributed by atoms with Crippen LogP contribution in [-0.4, -0.2) is 39.6 Å². The second-order valence-corrected chi connectivity index (χ2v) is 8.67. The molecule has 1 saturated heterocycles. The largest absolute Gasteiger partial charge is 0.379 e. The van der Waals surface area contributed by atoms with E-state index in [1.807, 2.05) is 5.38 Å². The molecule has 0 spiro atoms. The molecule has 0 amide bonds. The lowest BCUT2D eigenvalue weighted by Crippen LogP contribution is -2.35. The zero-order valence-corrected chi connectivity index (χ0v) is 15.7. The monoisotopic (exact) mass is 386 g/mol. The number of anilines is 1. The summed E-state index contributed by atoms with van der Waals surface area (Å²) in [5, 5.41) is 2.34. The lowest BCUT2D eigenvalue weighted by Gasteiger charge is -2.26. The summed E-state index contributed by atoms with van der Waals surface area (Å²) in [5.74, 6) is 0. The summed E-state index contributed by atoms with van der Waals surface area (Å²) in [6, 6.07) is 6.70. The topological polar surface area (TPSA) is 58.6 Å². The Kier molecular flexibility index (Phi) is 5.46. The van der Waals surface area contributed by atoms with Gasteiger partial charge in [0.25, 0.3) is 10.0 Å². The van der Waals surface area contributed by atoms with Crippen LogP contribution in [0.25, 0.3) is 0 Å². The highest BCUT2D eigenvalue weighted by atomic mass is 35.5. The van der Waals surface area contributed by atoms with Crippen molar-refractivity contribution in [3.8, 4) is 0 Å². The van der Waals surface area contributed by atoms with Gasteiger partial charge in [-0.1, -0.05) is 17.7 Å². The first-order valence-electron chi connectivity index (χ1n) is 7.62. The molecule has 1 N–H and O–H groups in total. The van der Waals surface area contributed by atoms with Gasteiger partial charge in [-0.3, -0.25) is 9.62 Å². The molecule has 1 fully saturated rings. The molecule has 130 valence electrons. The second-order valence-electron chi connectivity index (χ2n) is 5.61. The van der Waals surface area contributed by atoms with Gasteiger partial charge in [0.15, 0.2) is 0 Å². The summed E-state index contributed by atoms with van der Waals surface area (Å²) < 4.78 is 33.5. The van der Waals surface area contributed by atoms with Crippen LogP contribution in [0.5, 0.6) is 0 Å². The molecule has 8 heteroatoms. The average Bonchev–Trinajstić information content (AvgIpc) is 2.97. The normalized spacial score (nSPS) is 16.2. The van der Waals surface area contributed by atoms with Crippen LogP contribution in [0.2, 0.25) is 5.02 Å². The van der Waals surface area contributed by atoms with Crippen molar-refractivity contribution in [2.75, 3.05) is 31.0 Å². The standard InChI is InChI=1S/C16H19ClN2O3S2/c1-12-13(17)3-2-4-16(12)24(20,21)18-14-5-10-23-15(14)11-19-6-8-22-9-7-19/h2-5,10,18H,6-9,11H2,1H3. The number of nitrogens with one attached hydrogen (secondary N) is 1. The fraction of sp³-hybridized carbons (Fsp3) is 0.375. The van der Waals surface area contributed by atoms with Crippen molar-refractivity contribution in [3.63, 3.8) is 0 Å². The highest BCUT2D eigenvalue weighted by Crippen LogP contribution is 2.29. The van der Waals surface area contributed by atoms with Gasteiger partial charge < -0.3 is 4.74 Å². The number of benzene rings is 1. The van der Waals surface area contributed by atoms with E-state index in [1.54, 1.807) is 42.5 Å². The molecule has 1 aliphatic heterocycles. The van der Waals surface area contributed by atoms with E-state index in [0.29, 0.717) is 36.0 Å². The maximum absolute atomic E-state index is 12.7. The lowest BCUT2D eigenvalue weighted by atomic mass is 10.2. The fourth-order valence-corrected chi connectivity index (χ4v) is 5.12. The molecule has 0 bridgehead atoms. The predicted molar refractivity (Wildman–Crippen MR) is 97.4 cm³/mol. The third kappa shape index (κ3) is 3.92. The van der Waals surface area contributed by atoms with Crippen LogP contribution < -0.4 is 4.72 Å². The highest BCUT2D eigenvalue weighted by Gasteiger charge is 2.21. The molecule has 1 aliphatic rings. The SMILES string of the molecule is Cc1c(Cl)cccc1S(=O)(=O)Nc1ccsc1CN1CCOCC1. The van der Waals surface area contributed by atoms with Crippen molar-refractivity contribution < 1.29 is 13.2 Å². The minimum atomic E-state index is -3.67. The summed E-state index contributed by atoms with van der Waals surface area (Å²) in [5.41, 5.74) is 1.18. The van der Waals surface area contributed by atoms with Crippen LogP contribution in [0.15, 0.2) is 34.5 Å². The van der Waals surface area contributed by atoms with E-state index in [4.69, 9.17) is 16.3 Å². The molecule has 3 rings (SSSR count). The van der Waals surface area contributed by atoms with Crippen molar-refractivity contribution in [2.45, 2.75) is 18.4 Å². The van der Waals surface area contributed by atoms with Gasteiger partial charge in [0.05, 0.1) is 23.8 Å². The van der Waals surface area contributed by atoms with Gasteiger partial charge in [-0.2, -0.15) is 0 Å². The lowest BCUT2D eigenvalue weighted by molar-refractivity contribution is 0.0347. The smallest absolute Gasteiger partial charge is 0.262 e. The van der Waals surface area contributed by atoms with E-state index in [1.165, 1.54) is 0 Å². The summed E-state index contributed by atoms with van der Waals surface area (Å²) in [6.45, 7) is 5.57. The van der Waals surface area contributed by atoms with Gasteiger partial charge in [-0.15, -0.1) is 11.3 Å². The summed E-state index contributed by atoms with van der Waals surface area (Å²) in [6.07, 6.45) is 0. The Hall–Kier alpha value is -1.12. The van der Waals surface area contributed by atoms with Crippen LogP contribution in [0, 0.1) is 6.92 Å². The third-order valence-electron chi connectivity index (χ3n) is 3.97. The van der Waals surface area contributed by atoms with E-state index in [-0.39, 0.29) is 4.90 Å². The number of halogens is 1.